The van der Waals surface area contributed by atoms with Crippen molar-refractivity contribution in [2.24, 2.45) is 0 Å². The van der Waals surface area contributed by atoms with Crippen LogP contribution in [0.15, 0.2) is 209 Å². The van der Waals surface area contributed by atoms with Gasteiger partial charge in [-0.1, -0.05) is 127 Å². The zero-order chi connectivity index (χ0) is 46.8. The molecule has 72 heavy (non-hydrogen) atoms. The highest BCUT2D eigenvalue weighted by Gasteiger charge is 2.32. The smallest absolute Gasteiger partial charge is 0.137 e. The highest BCUT2D eigenvalue weighted by molar-refractivity contribution is 6.32. The minimum absolute atomic E-state index is 0.0522. The van der Waals surface area contributed by atoms with Crippen LogP contribution in [-0.2, 0) is 12.8 Å². The molecule has 338 valence electrons. The summed E-state index contributed by atoms with van der Waals surface area (Å²) < 4.78 is 18.2. The molecule has 2 aliphatic carbocycles. The number of aryl methyl sites for hydroxylation is 1. The molecule has 15 aromatic rings. The first-order valence-corrected chi connectivity index (χ1v) is 25.2. The van der Waals surface area contributed by atoms with Gasteiger partial charge in [-0.3, -0.25) is 0 Å². The van der Waals surface area contributed by atoms with Gasteiger partial charge in [-0.25, -0.2) is 0 Å². The van der Waals surface area contributed by atoms with Gasteiger partial charge in [0.25, 0.3) is 0 Å². The van der Waals surface area contributed by atoms with Gasteiger partial charge >= 0.3 is 0 Å². The average Bonchev–Trinajstić information content (AvgIpc) is 4.28. The molecule has 6 aromatic heterocycles. The predicted molar refractivity (Wildman–Crippen MR) is 299 cm³/mol. The number of anilines is 5. The van der Waals surface area contributed by atoms with Gasteiger partial charge in [0.05, 0.1) is 50.5 Å². The van der Waals surface area contributed by atoms with E-state index in [1.54, 1.807) is 0 Å². The van der Waals surface area contributed by atoms with Crippen LogP contribution in [0.1, 0.15) is 29.1 Å². The van der Waals surface area contributed by atoms with Crippen LogP contribution in [0.4, 0.5) is 28.4 Å². The van der Waals surface area contributed by atoms with Gasteiger partial charge in [-0.2, -0.15) is 0 Å². The maximum atomic E-state index is 6.66. The van der Waals surface area contributed by atoms with Crippen molar-refractivity contribution in [3.05, 3.63) is 223 Å². The Bertz CT molecular complexity index is 4800. The lowest BCUT2D eigenvalue weighted by atomic mass is 9.93. The lowest BCUT2D eigenvalue weighted by Crippen LogP contribution is -2.32. The number of aromatic nitrogens is 2. The predicted octanol–water partition coefficient (Wildman–Crippen LogP) is 17.7. The largest absolute Gasteiger partial charge is 0.465 e. The summed E-state index contributed by atoms with van der Waals surface area (Å²) in [7, 11) is 0. The monoisotopic (exact) mass is 922 g/mol. The second-order valence-electron chi connectivity index (χ2n) is 19.8. The molecule has 0 saturated carbocycles. The van der Waals surface area contributed by atoms with Crippen LogP contribution in [0.2, 0.25) is 0 Å². The Kier molecular flexibility index (Phi) is 7.60. The molecule has 1 atom stereocenters. The molecule has 0 fully saturated rings. The van der Waals surface area contributed by atoms with Crippen LogP contribution in [0.3, 0.4) is 0 Å². The number of fused-ring (bicyclic) bond motifs is 18. The Labute approximate surface area is 412 Å². The fraction of sp³-hybridized carbons (Fsp3) is 0.0606. The van der Waals surface area contributed by atoms with E-state index in [1.807, 2.05) is 6.07 Å². The van der Waals surface area contributed by atoms with E-state index in [0.717, 1.165) is 75.5 Å². The van der Waals surface area contributed by atoms with E-state index in [4.69, 9.17) is 8.83 Å². The Morgan fingerprint density at radius 1 is 0.417 bits per heavy atom. The van der Waals surface area contributed by atoms with E-state index in [1.165, 1.54) is 93.0 Å². The summed E-state index contributed by atoms with van der Waals surface area (Å²) in [6.07, 6.45) is 12.0. The Hall–Kier alpha value is -9.26. The molecule has 0 spiro atoms. The summed E-state index contributed by atoms with van der Waals surface area (Å²) in [6.45, 7) is 0. The van der Waals surface area contributed by atoms with Crippen LogP contribution in [0.5, 0.6) is 0 Å². The molecular weight excluding hydrogens is 881 g/mol. The van der Waals surface area contributed by atoms with Crippen LogP contribution in [0, 0.1) is 0 Å². The molecule has 2 aliphatic rings. The third-order valence-electron chi connectivity index (χ3n) is 16.1. The number of para-hydroxylation sites is 5. The number of benzene rings is 9. The van der Waals surface area contributed by atoms with Crippen molar-refractivity contribution >= 4 is 139 Å². The molecular formula is C66H42N4O2. The SMILES string of the molecule is C1=Cc2c(oc3c2C=CC(N(c2ccccc2)c2ccc4c5cc6c(cc5n5c7ccccc7c2c45)c2ccc(N(c4ccccc4)c4ccc5c(c4)oc4ccccc45)c4c5ccccc5n6c24)C3)CC1. The van der Waals surface area contributed by atoms with Crippen LogP contribution in [0.25, 0.3) is 110 Å². The zero-order valence-corrected chi connectivity index (χ0v) is 39.0. The zero-order valence-electron chi connectivity index (χ0n) is 39.0. The van der Waals surface area contributed by atoms with E-state index in [0.29, 0.717) is 0 Å². The molecule has 1 unspecified atom stereocenters. The van der Waals surface area contributed by atoms with Gasteiger partial charge < -0.3 is 27.4 Å². The molecule has 0 radical (unpaired) electrons. The molecule has 6 heteroatoms. The fourth-order valence-electron chi connectivity index (χ4n) is 13.1. The maximum Gasteiger partial charge on any atom is 0.137 e. The minimum Gasteiger partial charge on any atom is -0.465 e. The van der Waals surface area contributed by atoms with Crippen LogP contribution in [-0.4, -0.2) is 14.8 Å². The van der Waals surface area contributed by atoms with Crippen molar-refractivity contribution in [3.8, 4) is 0 Å². The standard InChI is InChI=1S/C66H42N4O2/c1-3-15-39(16-4-1)67(41-27-29-45-43-19-9-13-25-59(43)71-61(45)35-41)55-33-31-47-51-37-58-52(38-57(51)69-53-23-11-7-21-49(53)63(55)65(47)69)48-32-34-56(64-50-22-8-12-24-54(50)70(58)66(48)64)68(40-17-5-2-6-18-40)42-28-30-46-44-20-10-14-26-60(44)72-62(46)36-42/h1-13,15-25,27-35,37-38,42H,14,26,36H2. The van der Waals surface area contributed by atoms with E-state index in [9.17, 15) is 0 Å². The summed E-state index contributed by atoms with van der Waals surface area (Å²) >= 11 is 0. The lowest BCUT2D eigenvalue weighted by Gasteiger charge is -2.34. The molecule has 0 bridgehead atoms. The van der Waals surface area contributed by atoms with Gasteiger partial charge in [0.1, 0.15) is 22.7 Å². The summed E-state index contributed by atoms with van der Waals surface area (Å²) in [6, 6.07) is 69.0. The number of furan rings is 2. The van der Waals surface area contributed by atoms with Crippen molar-refractivity contribution < 1.29 is 8.83 Å². The molecule has 9 aromatic carbocycles. The van der Waals surface area contributed by atoms with E-state index < -0.39 is 0 Å². The van der Waals surface area contributed by atoms with Gasteiger partial charge in [0.2, 0.25) is 0 Å². The Morgan fingerprint density at radius 3 is 1.72 bits per heavy atom. The molecule has 6 heterocycles. The highest BCUT2D eigenvalue weighted by Crippen LogP contribution is 2.51. The molecule has 0 N–H and O–H groups in total. The Morgan fingerprint density at radius 2 is 1.00 bits per heavy atom. The highest BCUT2D eigenvalue weighted by atomic mass is 16.3. The second kappa shape index (κ2) is 14.2. The first-order valence-electron chi connectivity index (χ1n) is 25.2. The number of rotatable bonds is 6. The first-order chi connectivity index (χ1) is 35.7. The topological polar surface area (TPSA) is 41.6 Å². The van der Waals surface area contributed by atoms with Gasteiger partial charge in [-0.15, -0.1) is 0 Å². The molecule has 6 nitrogen and oxygen atoms in total. The van der Waals surface area contributed by atoms with Crippen molar-refractivity contribution in [2.45, 2.75) is 25.3 Å². The third kappa shape index (κ3) is 5.07. The van der Waals surface area contributed by atoms with Gasteiger partial charge in [-0.05, 0) is 85.3 Å². The lowest BCUT2D eigenvalue weighted by molar-refractivity contribution is 0.454. The van der Waals surface area contributed by atoms with Gasteiger partial charge in [0.15, 0.2) is 0 Å². The van der Waals surface area contributed by atoms with Crippen LogP contribution < -0.4 is 9.80 Å². The number of nitrogens with zero attached hydrogens (tertiary/aromatic N) is 4. The second-order valence-corrected chi connectivity index (χ2v) is 19.8. The van der Waals surface area contributed by atoms with Crippen molar-refractivity contribution in [2.75, 3.05) is 9.80 Å². The van der Waals surface area contributed by atoms with E-state index in [-0.39, 0.29) is 6.04 Å². The van der Waals surface area contributed by atoms with Crippen molar-refractivity contribution in [1.29, 1.82) is 0 Å². The summed E-state index contributed by atoms with van der Waals surface area (Å²) in [5, 5.41) is 12.2. The number of allylic oxidation sites excluding steroid dienone is 1. The molecule has 0 aliphatic heterocycles. The normalized spacial score (nSPS) is 14.8. The van der Waals surface area contributed by atoms with Crippen LogP contribution >= 0.6 is 0 Å². The Balaban J connectivity index is 0.902. The molecule has 17 rings (SSSR count). The van der Waals surface area contributed by atoms with E-state index in [2.05, 4.69) is 225 Å². The quantitative estimate of drug-likeness (QED) is 0.167. The summed E-state index contributed by atoms with van der Waals surface area (Å²) in [5.74, 6) is 2.20. The summed E-state index contributed by atoms with van der Waals surface area (Å²) in [4.78, 5) is 4.96. The maximum absolute atomic E-state index is 6.66. The summed E-state index contributed by atoms with van der Waals surface area (Å²) in [5.41, 5.74) is 17.2. The van der Waals surface area contributed by atoms with Crippen molar-refractivity contribution in [1.82, 2.24) is 8.80 Å². The average molecular weight is 923 g/mol. The molecule has 0 saturated heterocycles. The molecule has 0 amide bonds. The van der Waals surface area contributed by atoms with Crippen molar-refractivity contribution in [3.63, 3.8) is 0 Å². The minimum atomic E-state index is 0.0522. The number of hydrogen-bond donors (Lipinski definition) is 0. The third-order valence-corrected chi connectivity index (χ3v) is 16.1. The fourth-order valence-corrected chi connectivity index (χ4v) is 13.1. The number of hydrogen-bond acceptors (Lipinski definition) is 4. The van der Waals surface area contributed by atoms with E-state index >= 15 is 0 Å². The van der Waals surface area contributed by atoms with Gasteiger partial charge in [0, 0.05) is 101 Å². The first kappa shape index (κ1) is 38.6.